The normalized spacial score (nSPS) is 20.7. The highest BCUT2D eigenvalue weighted by atomic mass is 32.1. The van der Waals surface area contributed by atoms with Crippen LogP contribution >= 0.6 is 11.3 Å². The van der Waals surface area contributed by atoms with E-state index in [1.807, 2.05) is 53.1 Å². The number of rotatable bonds is 5. The lowest BCUT2D eigenvalue weighted by Gasteiger charge is -2.37. The minimum atomic E-state index is -1.05. The Balaban J connectivity index is 1.29. The van der Waals surface area contributed by atoms with Crippen LogP contribution in [0.4, 0.5) is 5.69 Å². The number of ketones is 1. The third kappa shape index (κ3) is 4.65. The molecular weight excluding hydrogens is 550 g/mol. The van der Waals surface area contributed by atoms with E-state index >= 15 is 0 Å². The van der Waals surface area contributed by atoms with Crippen molar-refractivity contribution in [2.75, 3.05) is 18.1 Å². The van der Waals surface area contributed by atoms with Gasteiger partial charge < -0.3 is 19.3 Å². The van der Waals surface area contributed by atoms with Crippen LogP contribution in [0, 0.1) is 11.8 Å². The first kappa shape index (κ1) is 27.0. The summed E-state index contributed by atoms with van der Waals surface area (Å²) in [5, 5.41) is 10.3. The fourth-order valence-corrected chi connectivity index (χ4v) is 7.78. The smallest absolute Gasteiger partial charge is 0.348 e. The lowest BCUT2D eigenvalue weighted by molar-refractivity contribution is -0.124. The Morgan fingerprint density at radius 1 is 1.00 bits per heavy atom. The Morgan fingerprint density at radius 2 is 1.76 bits per heavy atom. The quantitative estimate of drug-likeness (QED) is 0.282. The predicted molar refractivity (Wildman–Crippen MR) is 162 cm³/mol. The summed E-state index contributed by atoms with van der Waals surface area (Å²) in [5.41, 5.74) is 4.34. The maximum atomic E-state index is 14.1. The van der Waals surface area contributed by atoms with Gasteiger partial charge in [0.25, 0.3) is 0 Å². The van der Waals surface area contributed by atoms with E-state index in [0.717, 1.165) is 69.9 Å². The lowest BCUT2D eigenvalue weighted by atomic mass is 9.82. The Hall–Kier alpha value is -3.82. The lowest BCUT2D eigenvalue weighted by Crippen LogP contribution is -2.47. The highest BCUT2D eigenvalue weighted by Gasteiger charge is 2.37. The van der Waals surface area contributed by atoms with Gasteiger partial charge in [-0.3, -0.25) is 9.59 Å². The van der Waals surface area contributed by atoms with Crippen molar-refractivity contribution in [3.05, 3.63) is 59.0 Å². The molecule has 8 nitrogen and oxygen atoms in total. The first-order chi connectivity index (χ1) is 20.4. The van der Waals surface area contributed by atoms with Crippen LogP contribution in [0.1, 0.15) is 65.5 Å². The van der Waals surface area contributed by atoms with Crippen LogP contribution < -0.4 is 4.90 Å². The molecule has 216 valence electrons. The van der Waals surface area contributed by atoms with E-state index in [9.17, 15) is 19.5 Å². The number of carboxylic acids is 1. The number of benzene rings is 2. The Labute approximate surface area is 247 Å². The summed E-state index contributed by atoms with van der Waals surface area (Å²) in [6.07, 6.45) is 5.03. The van der Waals surface area contributed by atoms with Gasteiger partial charge in [-0.05, 0) is 80.3 Å². The molecule has 1 amide bonds. The van der Waals surface area contributed by atoms with Crippen molar-refractivity contribution in [2.24, 2.45) is 11.8 Å². The summed E-state index contributed by atoms with van der Waals surface area (Å²) < 4.78 is 7.55. The molecule has 4 heterocycles. The third-order valence-electron chi connectivity index (χ3n) is 9.13. The minimum absolute atomic E-state index is 0.0109. The topological polar surface area (TPSA) is 102 Å². The molecule has 2 aromatic heterocycles. The summed E-state index contributed by atoms with van der Waals surface area (Å²) in [5.74, 6) is 0.230. The van der Waals surface area contributed by atoms with Crippen molar-refractivity contribution in [2.45, 2.75) is 58.0 Å². The van der Waals surface area contributed by atoms with Gasteiger partial charge in [-0.1, -0.05) is 25.1 Å². The van der Waals surface area contributed by atoms with Gasteiger partial charge >= 0.3 is 5.97 Å². The van der Waals surface area contributed by atoms with E-state index < -0.39 is 5.97 Å². The number of ether oxygens (including phenoxy) is 1. The first-order valence-corrected chi connectivity index (χ1v) is 15.6. The molecule has 0 radical (unpaired) electrons. The molecule has 42 heavy (non-hydrogen) atoms. The highest BCUT2D eigenvalue weighted by Crippen LogP contribution is 2.42. The van der Waals surface area contributed by atoms with Crippen LogP contribution in [0.2, 0.25) is 0 Å². The van der Waals surface area contributed by atoms with Crippen LogP contribution in [-0.4, -0.2) is 51.6 Å². The molecule has 0 atom stereocenters. The number of amides is 1. The number of aromatic nitrogens is 2. The second-order valence-corrected chi connectivity index (χ2v) is 12.9. The van der Waals surface area contributed by atoms with E-state index in [2.05, 4.69) is 6.92 Å². The molecule has 1 N–H and O–H groups in total. The summed E-state index contributed by atoms with van der Waals surface area (Å²) in [4.78, 5) is 47.5. The zero-order valence-corrected chi connectivity index (χ0v) is 24.4. The molecule has 0 spiro atoms. The van der Waals surface area contributed by atoms with E-state index in [0.29, 0.717) is 43.2 Å². The number of Topliss-reactive ketones (excluding diaryl/α,β-unsaturated/α-hetero) is 1. The number of anilines is 1. The number of carbonyl (C=O) groups excluding carboxylic acids is 2. The second kappa shape index (κ2) is 10.8. The molecular formula is C33H33N3O5S. The average molecular weight is 584 g/mol. The monoisotopic (exact) mass is 583 g/mol. The fraction of sp³-hybridized carbons (Fsp3) is 0.394. The standard InChI is InChI=1S/C33H33N3O5S/c1-19-6-8-20(9-7-19)32(38)36(22-12-14-41-15-13-22)27-17-29(42-30(27)33(39)40)21-10-11-23-24(16-21)28(37)18-35-26-5-3-2-4-25(26)34-31(23)35/h2-5,10-11,16-17,19-20,22H,6-9,12-15,18H2,1H3,(H,39,40). The number of hydrogen-bond donors (Lipinski definition) is 1. The van der Waals surface area contributed by atoms with Crippen molar-refractivity contribution < 1.29 is 24.2 Å². The Morgan fingerprint density at radius 3 is 2.52 bits per heavy atom. The number of aromatic carboxylic acids is 1. The molecule has 1 aliphatic carbocycles. The van der Waals surface area contributed by atoms with Crippen LogP contribution in [0.15, 0.2) is 48.5 Å². The maximum absolute atomic E-state index is 14.1. The fourth-order valence-electron chi connectivity index (χ4n) is 6.79. The number of carboxylic acid groups (broad SMARTS) is 1. The van der Waals surface area contributed by atoms with Crippen LogP contribution in [0.5, 0.6) is 0 Å². The molecule has 2 fully saturated rings. The SMILES string of the molecule is CC1CCC(C(=O)N(c2cc(-c3ccc4c(c3)C(=O)Cn3c-4nc4ccccc43)sc2C(=O)O)C2CCOCC2)CC1. The van der Waals surface area contributed by atoms with E-state index in [4.69, 9.17) is 9.72 Å². The number of carbonyl (C=O) groups is 3. The maximum Gasteiger partial charge on any atom is 0.348 e. The van der Waals surface area contributed by atoms with Crippen molar-refractivity contribution in [3.8, 4) is 21.8 Å². The number of nitrogens with zero attached hydrogens (tertiary/aromatic N) is 3. The van der Waals surface area contributed by atoms with Gasteiger partial charge in [-0.15, -0.1) is 11.3 Å². The van der Waals surface area contributed by atoms with Gasteiger partial charge in [-0.25, -0.2) is 9.78 Å². The number of imidazole rings is 1. The second-order valence-electron chi connectivity index (χ2n) is 11.8. The zero-order chi connectivity index (χ0) is 29.0. The van der Waals surface area contributed by atoms with Gasteiger partial charge in [-0.2, -0.15) is 0 Å². The zero-order valence-electron chi connectivity index (χ0n) is 23.5. The van der Waals surface area contributed by atoms with Crippen molar-refractivity contribution in [1.29, 1.82) is 0 Å². The van der Waals surface area contributed by atoms with Gasteiger partial charge in [0.15, 0.2) is 5.78 Å². The van der Waals surface area contributed by atoms with Gasteiger partial charge in [0.2, 0.25) is 5.91 Å². The molecule has 3 aliphatic rings. The van der Waals surface area contributed by atoms with E-state index in [1.165, 1.54) is 0 Å². The van der Waals surface area contributed by atoms with Crippen LogP contribution in [0.25, 0.3) is 32.9 Å². The van der Waals surface area contributed by atoms with Crippen molar-refractivity contribution >= 4 is 45.7 Å². The summed E-state index contributed by atoms with van der Waals surface area (Å²) in [6, 6.07) is 15.2. The number of hydrogen-bond acceptors (Lipinski definition) is 6. The minimum Gasteiger partial charge on any atom is -0.477 e. The molecule has 1 saturated heterocycles. The van der Waals surface area contributed by atoms with Crippen molar-refractivity contribution in [1.82, 2.24) is 9.55 Å². The Kier molecular flexibility index (Phi) is 6.94. The summed E-state index contributed by atoms with van der Waals surface area (Å²) in [6.45, 7) is 3.53. The summed E-state index contributed by atoms with van der Waals surface area (Å²) >= 11 is 1.16. The highest BCUT2D eigenvalue weighted by molar-refractivity contribution is 7.18. The molecule has 9 heteroatoms. The van der Waals surface area contributed by atoms with E-state index in [-0.39, 0.29) is 35.1 Å². The number of thiophene rings is 1. The molecule has 2 aliphatic heterocycles. The van der Waals surface area contributed by atoms with Gasteiger partial charge in [0.05, 0.1) is 23.3 Å². The molecule has 1 saturated carbocycles. The van der Waals surface area contributed by atoms with Crippen molar-refractivity contribution in [3.63, 3.8) is 0 Å². The predicted octanol–water partition coefficient (Wildman–Crippen LogP) is 6.66. The molecule has 4 aromatic rings. The summed E-state index contributed by atoms with van der Waals surface area (Å²) in [7, 11) is 0. The first-order valence-electron chi connectivity index (χ1n) is 14.8. The molecule has 0 unspecified atom stereocenters. The van der Waals surface area contributed by atoms with Gasteiger partial charge in [0.1, 0.15) is 10.7 Å². The van der Waals surface area contributed by atoms with Gasteiger partial charge in [0, 0.05) is 41.2 Å². The number of fused-ring (bicyclic) bond motifs is 5. The average Bonchev–Trinajstić information content (AvgIpc) is 3.61. The molecule has 7 rings (SSSR count). The van der Waals surface area contributed by atoms with E-state index in [1.54, 1.807) is 4.90 Å². The van der Waals surface area contributed by atoms with Crippen LogP contribution in [0.3, 0.4) is 0 Å². The van der Waals surface area contributed by atoms with Crippen LogP contribution in [-0.2, 0) is 16.1 Å². The number of para-hydroxylation sites is 2. The largest absolute Gasteiger partial charge is 0.477 e. The Bertz CT molecular complexity index is 1710. The molecule has 2 aromatic carbocycles. The molecule has 0 bridgehead atoms. The third-order valence-corrected chi connectivity index (χ3v) is 10.3.